The normalized spacial score (nSPS) is 11.9. The maximum Gasteiger partial charge on any atom is 0.123 e. The summed E-state index contributed by atoms with van der Waals surface area (Å²) in [4.78, 5) is 0. The van der Waals surface area contributed by atoms with Crippen LogP contribution in [0.5, 0.6) is 5.75 Å². The van der Waals surface area contributed by atoms with Gasteiger partial charge < -0.3 is 5.11 Å². The van der Waals surface area contributed by atoms with E-state index in [1.165, 1.54) is 5.56 Å². The van der Waals surface area contributed by atoms with E-state index in [0.29, 0.717) is 11.7 Å². The molecule has 0 heterocycles. The SMILES string of the molecule is CC(C)c1cccc(-c2ccc(C(C)(C)C)cc2O)c1. The van der Waals surface area contributed by atoms with Gasteiger partial charge in [-0.3, -0.25) is 0 Å². The van der Waals surface area contributed by atoms with Crippen molar-refractivity contribution in [1.82, 2.24) is 0 Å². The maximum atomic E-state index is 10.3. The Morgan fingerprint density at radius 3 is 2.20 bits per heavy atom. The summed E-state index contributed by atoms with van der Waals surface area (Å²) in [7, 11) is 0. The topological polar surface area (TPSA) is 20.2 Å². The van der Waals surface area contributed by atoms with E-state index in [9.17, 15) is 5.11 Å². The van der Waals surface area contributed by atoms with Gasteiger partial charge in [0.15, 0.2) is 0 Å². The number of benzene rings is 2. The molecule has 0 fully saturated rings. The lowest BCUT2D eigenvalue weighted by Crippen LogP contribution is -2.10. The molecule has 0 aliphatic heterocycles. The molecule has 0 aromatic heterocycles. The molecule has 0 unspecified atom stereocenters. The third-order valence-electron chi connectivity index (χ3n) is 3.73. The number of hydrogen-bond donors (Lipinski definition) is 1. The molecule has 0 atom stereocenters. The third kappa shape index (κ3) is 3.04. The maximum absolute atomic E-state index is 10.3. The average Bonchev–Trinajstić information content (AvgIpc) is 2.37. The van der Waals surface area contributed by atoms with Crippen LogP contribution < -0.4 is 0 Å². The Bertz CT molecular complexity index is 603. The lowest BCUT2D eigenvalue weighted by atomic mass is 9.85. The second-order valence-corrected chi connectivity index (χ2v) is 6.76. The Balaban J connectivity index is 2.46. The van der Waals surface area contributed by atoms with E-state index in [2.05, 4.69) is 65.0 Å². The van der Waals surface area contributed by atoms with Crippen molar-refractivity contribution in [1.29, 1.82) is 0 Å². The van der Waals surface area contributed by atoms with Gasteiger partial charge in [0.25, 0.3) is 0 Å². The molecule has 2 rings (SSSR count). The van der Waals surface area contributed by atoms with Crippen molar-refractivity contribution in [3.8, 4) is 16.9 Å². The highest BCUT2D eigenvalue weighted by atomic mass is 16.3. The van der Waals surface area contributed by atoms with E-state index in [1.807, 2.05) is 12.1 Å². The van der Waals surface area contributed by atoms with Crippen LogP contribution in [0.25, 0.3) is 11.1 Å². The molecule has 0 aliphatic carbocycles. The first kappa shape index (κ1) is 14.6. The van der Waals surface area contributed by atoms with Crippen LogP contribution in [-0.4, -0.2) is 5.11 Å². The van der Waals surface area contributed by atoms with Gasteiger partial charge in [0, 0.05) is 5.56 Å². The van der Waals surface area contributed by atoms with Crippen LogP contribution in [0.4, 0.5) is 0 Å². The average molecular weight is 268 g/mol. The Morgan fingerprint density at radius 2 is 1.65 bits per heavy atom. The first-order valence-electron chi connectivity index (χ1n) is 7.23. The van der Waals surface area contributed by atoms with E-state index in [0.717, 1.165) is 16.7 Å². The van der Waals surface area contributed by atoms with Crippen molar-refractivity contribution in [2.24, 2.45) is 0 Å². The van der Waals surface area contributed by atoms with E-state index in [4.69, 9.17) is 0 Å². The molecule has 2 aromatic rings. The Morgan fingerprint density at radius 1 is 0.950 bits per heavy atom. The molecule has 0 radical (unpaired) electrons. The predicted octanol–water partition coefficient (Wildman–Crippen LogP) is 5.48. The molecule has 0 aliphatic rings. The highest BCUT2D eigenvalue weighted by Gasteiger charge is 2.16. The van der Waals surface area contributed by atoms with Gasteiger partial charge in [-0.25, -0.2) is 0 Å². The largest absolute Gasteiger partial charge is 0.507 e. The first-order valence-corrected chi connectivity index (χ1v) is 7.23. The molecule has 1 nitrogen and oxygen atoms in total. The highest BCUT2D eigenvalue weighted by Crippen LogP contribution is 2.34. The summed E-state index contributed by atoms with van der Waals surface area (Å²) in [6.07, 6.45) is 0. The summed E-state index contributed by atoms with van der Waals surface area (Å²) < 4.78 is 0. The first-order chi connectivity index (χ1) is 9.29. The number of rotatable bonds is 2. The molecule has 2 aromatic carbocycles. The van der Waals surface area contributed by atoms with Crippen LogP contribution in [0.15, 0.2) is 42.5 Å². The fourth-order valence-electron chi connectivity index (χ4n) is 2.31. The van der Waals surface area contributed by atoms with E-state index < -0.39 is 0 Å². The number of phenols is 1. The van der Waals surface area contributed by atoms with Crippen molar-refractivity contribution < 1.29 is 5.11 Å². The van der Waals surface area contributed by atoms with Crippen LogP contribution in [-0.2, 0) is 5.41 Å². The number of phenolic OH excluding ortho intramolecular Hbond substituents is 1. The molecule has 0 amide bonds. The van der Waals surface area contributed by atoms with Crippen molar-refractivity contribution in [3.05, 3.63) is 53.6 Å². The number of aromatic hydroxyl groups is 1. The molecule has 1 heteroatoms. The second-order valence-electron chi connectivity index (χ2n) is 6.76. The third-order valence-corrected chi connectivity index (χ3v) is 3.73. The molecule has 0 bridgehead atoms. The number of hydrogen-bond acceptors (Lipinski definition) is 1. The minimum absolute atomic E-state index is 0.0514. The van der Waals surface area contributed by atoms with Crippen molar-refractivity contribution in [2.45, 2.75) is 46.0 Å². The summed E-state index contributed by atoms with van der Waals surface area (Å²) in [6.45, 7) is 10.8. The lowest BCUT2D eigenvalue weighted by Gasteiger charge is -2.20. The lowest BCUT2D eigenvalue weighted by molar-refractivity contribution is 0.473. The Kier molecular flexibility index (Phi) is 3.89. The van der Waals surface area contributed by atoms with Crippen molar-refractivity contribution >= 4 is 0 Å². The molecular weight excluding hydrogens is 244 g/mol. The zero-order chi connectivity index (χ0) is 14.9. The van der Waals surface area contributed by atoms with Crippen LogP contribution >= 0.6 is 0 Å². The van der Waals surface area contributed by atoms with E-state index >= 15 is 0 Å². The van der Waals surface area contributed by atoms with Crippen LogP contribution in [0.2, 0.25) is 0 Å². The predicted molar refractivity (Wildman–Crippen MR) is 86.3 cm³/mol. The molecular formula is C19H24O. The highest BCUT2D eigenvalue weighted by molar-refractivity contribution is 5.71. The zero-order valence-electron chi connectivity index (χ0n) is 13.1. The molecule has 20 heavy (non-hydrogen) atoms. The second kappa shape index (κ2) is 5.32. The summed E-state index contributed by atoms with van der Waals surface area (Å²) in [5.41, 5.74) is 4.48. The van der Waals surface area contributed by atoms with Gasteiger partial charge in [-0.05, 0) is 34.1 Å². The fourth-order valence-corrected chi connectivity index (χ4v) is 2.31. The van der Waals surface area contributed by atoms with Crippen molar-refractivity contribution in [3.63, 3.8) is 0 Å². The van der Waals surface area contributed by atoms with Gasteiger partial charge in [-0.2, -0.15) is 0 Å². The minimum Gasteiger partial charge on any atom is -0.507 e. The van der Waals surface area contributed by atoms with Gasteiger partial charge in [-0.1, -0.05) is 71.0 Å². The monoisotopic (exact) mass is 268 g/mol. The summed E-state index contributed by atoms with van der Waals surface area (Å²) in [5, 5.41) is 10.3. The van der Waals surface area contributed by atoms with Crippen LogP contribution in [0.1, 0.15) is 51.7 Å². The summed E-state index contributed by atoms with van der Waals surface area (Å²) in [6, 6.07) is 14.4. The minimum atomic E-state index is 0.0514. The molecule has 0 saturated carbocycles. The van der Waals surface area contributed by atoms with E-state index in [1.54, 1.807) is 0 Å². The van der Waals surface area contributed by atoms with Gasteiger partial charge in [0.05, 0.1) is 0 Å². The smallest absolute Gasteiger partial charge is 0.123 e. The zero-order valence-corrected chi connectivity index (χ0v) is 13.1. The molecule has 0 spiro atoms. The van der Waals surface area contributed by atoms with Gasteiger partial charge in [0.2, 0.25) is 0 Å². The van der Waals surface area contributed by atoms with Crippen molar-refractivity contribution in [2.75, 3.05) is 0 Å². The molecule has 0 saturated heterocycles. The molecule has 1 N–H and O–H groups in total. The van der Waals surface area contributed by atoms with Gasteiger partial charge in [-0.15, -0.1) is 0 Å². The quantitative estimate of drug-likeness (QED) is 0.764. The Labute approximate surface area is 122 Å². The fraction of sp³-hybridized carbons (Fsp3) is 0.368. The summed E-state index contributed by atoms with van der Waals surface area (Å²) in [5.74, 6) is 0.851. The summed E-state index contributed by atoms with van der Waals surface area (Å²) >= 11 is 0. The van der Waals surface area contributed by atoms with Crippen LogP contribution in [0, 0.1) is 0 Å². The Hall–Kier alpha value is -1.76. The standard InChI is InChI=1S/C19H24O/c1-13(2)14-7-6-8-15(11-14)17-10-9-16(12-18(17)20)19(3,4)5/h6-13,20H,1-5H3. The molecule has 106 valence electrons. The van der Waals surface area contributed by atoms with E-state index in [-0.39, 0.29) is 5.41 Å². The van der Waals surface area contributed by atoms with Gasteiger partial charge in [0.1, 0.15) is 5.75 Å². The van der Waals surface area contributed by atoms with Gasteiger partial charge >= 0.3 is 0 Å². The van der Waals surface area contributed by atoms with Crippen LogP contribution in [0.3, 0.4) is 0 Å².